The Bertz CT molecular complexity index is 414. The minimum Gasteiger partial charge on any atom is -0.481 e. The Morgan fingerprint density at radius 2 is 2.26 bits per heavy atom. The Balaban J connectivity index is 1.71. The van der Waals surface area contributed by atoms with Crippen molar-refractivity contribution in [3.05, 3.63) is 18.3 Å². The molecule has 1 atom stereocenters. The average Bonchev–Trinajstić information content (AvgIpc) is 3.12. The Morgan fingerprint density at radius 3 is 2.95 bits per heavy atom. The van der Waals surface area contributed by atoms with Crippen LogP contribution in [0.5, 0.6) is 5.88 Å². The van der Waals surface area contributed by atoms with Crippen molar-refractivity contribution in [3.8, 4) is 5.88 Å². The van der Waals surface area contributed by atoms with E-state index < -0.39 is 0 Å². The molecule has 2 aliphatic rings. The first-order valence-corrected chi connectivity index (χ1v) is 7.33. The fourth-order valence-corrected chi connectivity index (χ4v) is 2.78. The van der Waals surface area contributed by atoms with Gasteiger partial charge in [-0.25, -0.2) is 4.98 Å². The molecule has 2 fully saturated rings. The molecular formula is C15H23N3O. The molecule has 19 heavy (non-hydrogen) atoms. The Kier molecular flexibility index (Phi) is 3.87. The van der Waals surface area contributed by atoms with Crippen LogP contribution in [0, 0.1) is 5.92 Å². The summed E-state index contributed by atoms with van der Waals surface area (Å²) in [6.07, 6.45) is 7.22. The second-order valence-electron chi connectivity index (χ2n) is 5.70. The van der Waals surface area contributed by atoms with Gasteiger partial charge in [0.1, 0.15) is 0 Å². The molecule has 4 heteroatoms. The summed E-state index contributed by atoms with van der Waals surface area (Å²) >= 11 is 0. The van der Waals surface area contributed by atoms with Gasteiger partial charge in [0.2, 0.25) is 5.88 Å². The lowest BCUT2D eigenvalue weighted by atomic mass is 10.2. The van der Waals surface area contributed by atoms with Crippen LogP contribution >= 0.6 is 0 Å². The first kappa shape index (κ1) is 12.7. The van der Waals surface area contributed by atoms with E-state index in [1.54, 1.807) is 7.11 Å². The van der Waals surface area contributed by atoms with Crippen LogP contribution in [0.15, 0.2) is 18.3 Å². The first-order valence-electron chi connectivity index (χ1n) is 7.33. The number of anilines is 1. The van der Waals surface area contributed by atoms with Crippen LogP contribution in [0.25, 0.3) is 0 Å². The summed E-state index contributed by atoms with van der Waals surface area (Å²) in [6.45, 7) is 3.44. The first-order chi connectivity index (χ1) is 9.35. The van der Waals surface area contributed by atoms with E-state index in [2.05, 4.69) is 27.3 Å². The Morgan fingerprint density at radius 1 is 1.37 bits per heavy atom. The zero-order valence-electron chi connectivity index (χ0n) is 11.6. The number of pyridine rings is 1. The second kappa shape index (κ2) is 5.78. The maximum absolute atomic E-state index is 5.24. The van der Waals surface area contributed by atoms with Crippen LogP contribution in [0.2, 0.25) is 0 Å². The molecule has 1 saturated carbocycles. The van der Waals surface area contributed by atoms with Crippen molar-refractivity contribution in [2.45, 2.75) is 31.7 Å². The van der Waals surface area contributed by atoms with Gasteiger partial charge in [-0.05, 0) is 44.2 Å². The van der Waals surface area contributed by atoms with Gasteiger partial charge in [0.05, 0.1) is 7.11 Å². The minimum atomic E-state index is 0.637. The van der Waals surface area contributed by atoms with E-state index in [1.165, 1.54) is 44.5 Å². The van der Waals surface area contributed by atoms with Gasteiger partial charge in [0.15, 0.2) is 0 Å². The van der Waals surface area contributed by atoms with E-state index in [0.29, 0.717) is 11.9 Å². The molecule has 0 aromatic carbocycles. The van der Waals surface area contributed by atoms with Gasteiger partial charge in [-0.2, -0.15) is 0 Å². The molecule has 0 radical (unpaired) electrons. The van der Waals surface area contributed by atoms with Gasteiger partial charge in [-0.3, -0.25) is 0 Å². The van der Waals surface area contributed by atoms with E-state index in [1.807, 2.05) is 6.20 Å². The van der Waals surface area contributed by atoms with Gasteiger partial charge >= 0.3 is 0 Å². The highest BCUT2D eigenvalue weighted by Gasteiger charge is 2.26. The second-order valence-corrected chi connectivity index (χ2v) is 5.70. The van der Waals surface area contributed by atoms with Crippen molar-refractivity contribution in [1.82, 2.24) is 10.3 Å². The van der Waals surface area contributed by atoms with Crippen molar-refractivity contribution in [2.24, 2.45) is 5.92 Å². The standard InChI is InChI=1S/C15H23N3O/c1-19-15-9-14(6-8-17-15)18(10-12-4-5-12)11-13-3-2-7-16-13/h6,8-9,12-13,16H,2-5,7,10-11H2,1H3. The molecule has 0 spiro atoms. The highest BCUT2D eigenvalue weighted by molar-refractivity contribution is 5.48. The van der Waals surface area contributed by atoms with Crippen molar-refractivity contribution in [3.63, 3.8) is 0 Å². The van der Waals surface area contributed by atoms with Crippen LogP contribution in [0.4, 0.5) is 5.69 Å². The highest BCUT2D eigenvalue weighted by atomic mass is 16.5. The predicted molar refractivity (Wildman–Crippen MR) is 76.8 cm³/mol. The van der Waals surface area contributed by atoms with Gasteiger partial charge in [-0.15, -0.1) is 0 Å². The van der Waals surface area contributed by atoms with Crippen molar-refractivity contribution < 1.29 is 4.74 Å². The van der Waals surface area contributed by atoms with E-state index in [-0.39, 0.29) is 0 Å². The number of nitrogens with zero attached hydrogens (tertiary/aromatic N) is 2. The Hall–Kier alpha value is -1.29. The molecule has 2 heterocycles. The molecule has 1 N–H and O–H groups in total. The number of aromatic nitrogens is 1. The largest absolute Gasteiger partial charge is 0.481 e. The summed E-state index contributed by atoms with van der Waals surface area (Å²) in [6, 6.07) is 4.79. The topological polar surface area (TPSA) is 37.4 Å². The molecule has 1 aliphatic carbocycles. The lowest BCUT2D eigenvalue weighted by Crippen LogP contribution is -2.38. The van der Waals surface area contributed by atoms with Gasteiger partial charge in [0.25, 0.3) is 0 Å². The van der Waals surface area contributed by atoms with Gasteiger partial charge in [-0.1, -0.05) is 0 Å². The van der Waals surface area contributed by atoms with Crippen LogP contribution in [0.3, 0.4) is 0 Å². The summed E-state index contributed by atoms with van der Waals surface area (Å²) in [5, 5.41) is 3.59. The molecule has 1 aromatic rings. The van der Waals surface area contributed by atoms with E-state index >= 15 is 0 Å². The van der Waals surface area contributed by atoms with Crippen molar-refractivity contribution in [1.29, 1.82) is 0 Å². The summed E-state index contributed by atoms with van der Waals surface area (Å²) in [4.78, 5) is 6.71. The smallest absolute Gasteiger partial charge is 0.214 e. The summed E-state index contributed by atoms with van der Waals surface area (Å²) in [7, 11) is 1.68. The number of rotatable bonds is 6. The van der Waals surface area contributed by atoms with Crippen LogP contribution < -0.4 is 15.0 Å². The number of nitrogens with one attached hydrogen (secondary N) is 1. The minimum absolute atomic E-state index is 0.637. The van der Waals surface area contributed by atoms with E-state index in [4.69, 9.17) is 4.74 Å². The number of hydrogen-bond acceptors (Lipinski definition) is 4. The van der Waals surface area contributed by atoms with Gasteiger partial charge in [0, 0.05) is 37.1 Å². The van der Waals surface area contributed by atoms with E-state index in [9.17, 15) is 0 Å². The molecule has 0 bridgehead atoms. The molecule has 0 amide bonds. The summed E-state index contributed by atoms with van der Waals surface area (Å²) in [5.74, 6) is 1.60. The molecule has 1 saturated heterocycles. The molecule has 1 aliphatic heterocycles. The molecule has 4 nitrogen and oxygen atoms in total. The summed E-state index contributed by atoms with van der Waals surface area (Å²) < 4.78 is 5.24. The number of ether oxygens (including phenoxy) is 1. The van der Waals surface area contributed by atoms with Crippen molar-refractivity contribution in [2.75, 3.05) is 31.6 Å². The number of methoxy groups -OCH3 is 1. The third-order valence-electron chi connectivity index (χ3n) is 4.07. The molecular weight excluding hydrogens is 238 g/mol. The quantitative estimate of drug-likeness (QED) is 0.850. The zero-order valence-corrected chi connectivity index (χ0v) is 11.6. The highest BCUT2D eigenvalue weighted by Crippen LogP contribution is 2.32. The maximum Gasteiger partial charge on any atom is 0.214 e. The van der Waals surface area contributed by atoms with Crippen molar-refractivity contribution >= 4 is 5.69 Å². The third-order valence-corrected chi connectivity index (χ3v) is 4.07. The lowest BCUT2D eigenvalue weighted by molar-refractivity contribution is 0.397. The molecule has 3 rings (SSSR count). The molecule has 1 aromatic heterocycles. The van der Waals surface area contributed by atoms with Gasteiger partial charge < -0.3 is 15.0 Å². The monoisotopic (exact) mass is 261 g/mol. The average molecular weight is 261 g/mol. The predicted octanol–water partition coefficient (Wildman–Crippen LogP) is 2.06. The van der Waals surface area contributed by atoms with Crippen LogP contribution in [0.1, 0.15) is 25.7 Å². The molecule has 1 unspecified atom stereocenters. The van der Waals surface area contributed by atoms with E-state index in [0.717, 1.165) is 12.5 Å². The lowest BCUT2D eigenvalue weighted by Gasteiger charge is -2.28. The van der Waals surface area contributed by atoms with Crippen LogP contribution in [-0.2, 0) is 0 Å². The molecule has 104 valence electrons. The maximum atomic E-state index is 5.24. The number of hydrogen-bond donors (Lipinski definition) is 1. The summed E-state index contributed by atoms with van der Waals surface area (Å²) in [5.41, 5.74) is 1.24. The zero-order chi connectivity index (χ0) is 13.1. The Labute approximate surface area is 115 Å². The normalized spacial score (nSPS) is 22.5. The third kappa shape index (κ3) is 3.38. The fraction of sp³-hybridized carbons (Fsp3) is 0.667. The van der Waals surface area contributed by atoms with Crippen LogP contribution in [-0.4, -0.2) is 37.8 Å². The fourth-order valence-electron chi connectivity index (χ4n) is 2.78. The SMILES string of the molecule is COc1cc(N(CC2CC2)CC2CCCN2)ccn1.